The molecule has 0 aliphatic rings. The maximum absolute atomic E-state index is 13.0. The molecular formula is C26H28F6O. The average molecular weight is 470 g/mol. The summed E-state index contributed by atoms with van der Waals surface area (Å²) in [6, 6.07) is 16.5. The van der Waals surface area contributed by atoms with Crippen molar-refractivity contribution in [3.63, 3.8) is 0 Å². The highest BCUT2D eigenvalue weighted by molar-refractivity contribution is 5.96. The third-order valence-electron chi connectivity index (χ3n) is 5.03. The highest BCUT2D eigenvalue weighted by atomic mass is 19.4. The zero-order chi connectivity index (χ0) is 22.2. The summed E-state index contributed by atoms with van der Waals surface area (Å²) in [6.07, 6.45) is -9.11. The highest BCUT2D eigenvalue weighted by Crippen LogP contribution is 2.42. The zero-order valence-electron chi connectivity index (χ0n) is 15.7. The fourth-order valence-electron chi connectivity index (χ4n) is 3.62. The number of halogens is 6. The quantitative estimate of drug-likeness (QED) is 0.276. The number of carbonyl (C=O) groups excluding carboxylic acids is 1. The molecule has 33 heavy (non-hydrogen) atoms. The Morgan fingerprint density at radius 1 is 0.515 bits per heavy atom. The number of rotatable bonds is 4. The van der Waals surface area contributed by atoms with Gasteiger partial charge in [0.15, 0.2) is 0 Å². The van der Waals surface area contributed by atoms with Crippen LogP contribution in [0.4, 0.5) is 26.3 Å². The maximum atomic E-state index is 13.0. The molecule has 3 aromatic rings. The van der Waals surface area contributed by atoms with Crippen LogP contribution >= 0.6 is 0 Å². The summed E-state index contributed by atoms with van der Waals surface area (Å²) in [6.45, 7) is 1.27. The Balaban J connectivity index is 0.00000341. The highest BCUT2D eigenvalue weighted by Gasteiger charge is 2.42. The van der Waals surface area contributed by atoms with Gasteiger partial charge in [0.25, 0.3) is 0 Å². The van der Waals surface area contributed by atoms with Crippen LogP contribution in [0.2, 0.25) is 0 Å². The van der Waals surface area contributed by atoms with Crippen molar-refractivity contribution in [1.29, 1.82) is 0 Å². The minimum Gasteiger partial charge on any atom is -0.298 e. The van der Waals surface area contributed by atoms with Gasteiger partial charge in [-0.15, -0.1) is 0 Å². The third-order valence-corrected chi connectivity index (χ3v) is 5.03. The number of ketones is 1. The zero-order valence-corrected chi connectivity index (χ0v) is 15.7. The van der Waals surface area contributed by atoms with Crippen LogP contribution in [0, 0.1) is 0 Å². The summed E-state index contributed by atoms with van der Waals surface area (Å²) < 4.78 is 78.0. The van der Waals surface area contributed by atoms with Gasteiger partial charge in [-0.2, -0.15) is 26.3 Å². The smallest absolute Gasteiger partial charge is 0.298 e. The number of benzene rings is 3. The molecular weight excluding hydrogens is 442 g/mol. The molecule has 0 radical (unpaired) electrons. The van der Waals surface area contributed by atoms with Crippen molar-refractivity contribution in [2.75, 3.05) is 0 Å². The number of hydrogen-bond acceptors (Lipinski definition) is 1. The molecule has 0 amide bonds. The van der Waals surface area contributed by atoms with Crippen LogP contribution in [0.1, 0.15) is 57.0 Å². The predicted octanol–water partition coefficient (Wildman–Crippen LogP) is 8.56. The maximum Gasteiger partial charge on any atom is 0.416 e. The number of carbonyl (C=O) groups is 1. The van der Waals surface area contributed by atoms with Gasteiger partial charge in [0.05, 0.1) is 11.1 Å². The molecule has 1 nitrogen and oxygen atoms in total. The molecule has 0 aromatic heterocycles. The van der Waals surface area contributed by atoms with Crippen molar-refractivity contribution >= 4 is 5.78 Å². The Morgan fingerprint density at radius 3 is 1.06 bits per heavy atom. The van der Waals surface area contributed by atoms with Gasteiger partial charge in [0.1, 0.15) is 11.2 Å². The fraction of sp³-hybridized carbons (Fsp3) is 0.269. The second-order valence-corrected chi connectivity index (χ2v) is 6.82. The lowest BCUT2D eigenvalue weighted by molar-refractivity contribution is -0.138. The van der Waals surface area contributed by atoms with E-state index in [1.165, 1.54) is 31.2 Å². The summed E-state index contributed by atoms with van der Waals surface area (Å²) in [5.41, 5.74) is -2.43. The number of alkyl halides is 6. The molecule has 0 unspecified atom stereocenters. The summed E-state index contributed by atoms with van der Waals surface area (Å²) >= 11 is 0. The van der Waals surface area contributed by atoms with E-state index in [1.54, 1.807) is 30.3 Å². The second-order valence-electron chi connectivity index (χ2n) is 6.82. The lowest BCUT2D eigenvalue weighted by atomic mass is 9.67. The van der Waals surface area contributed by atoms with Gasteiger partial charge in [0.2, 0.25) is 0 Å². The van der Waals surface area contributed by atoms with E-state index in [2.05, 4.69) is 0 Å². The second kappa shape index (κ2) is 10.7. The standard InChI is InChI=1S/C23H16F6O.3CH4/c1-15(30)21(16-5-3-2-4-6-16,17-7-11-19(12-8-17)22(24,25)26)18-9-13-20(14-10-18)23(27,28)29;;;/h2-14H,1H3;3*1H4. The molecule has 3 rings (SSSR count). The van der Waals surface area contributed by atoms with Crippen molar-refractivity contribution in [1.82, 2.24) is 0 Å². The van der Waals surface area contributed by atoms with Crippen LogP contribution in [0.3, 0.4) is 0 Å². The molecule has 7 heteroatoms. The van der Waals surface area contributed by atoms with E-state index >= 15 is 0 Å². The summed E-state index contributed by atoms with van der Waals surface area (Å²) in [7, 11) is 0. The summed E-state index contributed by atoms with van der Waals surface area (Å²) in [5.74, 6) is -0.437. The lowest BCUT2D eigenvalue weighted by Crippen LogP contribution is -2.37. The van der Waals surface area contributed by atoms with Gasteiger partial charge in [-0.1, -0.05) is 76.9 Å². The van der Waals surface area contributed by atoms with Crippen molar-refractivity contribution in [3.05, 3.63) is 107 Å². The van der Waals surface area contributed by atoms with Gasteiger partial charge >= 0.3 is 12.4 Å². The third kappa shape index (κ3) is 5.64. The molecule has 0 bridgehead atoms. The van der Waals surface area contributed by atoms with Crippen molar-refractivity contribution in [3.8, 4) is 0 Å². The number of hydrogen-bond donors (Lipinski definition) is 0. The van der Waals surface area contributed by atoms with Crippen LogP contribution in [0.15, 0.2) is 78.9 Å². The first-order valence-corrected chi connectivity index (χ1v) is 8.89. The van der Waals surface area contributed by atoms with Crippen molar-refractivity contribution < 1.29 is 31.1 Å². The van der Waals surface area contributed by atoms with Crippen LogP contribution < -0.4 is 0 Å². The molecule has 0 atom stereocenters. The molecule has 0 aliphatic heterocycles. The first-order valence-electron chi connectivity index (χ1n) is 8.89. The Hall–Kier alpha value is -3.09. The Kier molecular flexibility index (Phi) is 9.68. The Morgan fingerprint density at radius 2 is 0.788 bits per heavy atom. The molecule has 0 N–H and O–H groups in total. The molecule has 0 spiro atoms. The molecule has 0 heterocycles. The first-order chi connectivity index (χ1) is 14.0. The van der Waals surface area contributed by atoms with E-state index < -0.39 is 34.7 Å². The molecule has 0 fully saturated rings. The van der Waals surface area contributed by atoms with Gasteiger partial charge < -0.3 is 0 Å². The minimum absolute atomic E-state index is 0. The van der Waals surface area contributed by atoms with Gasteiger partial charge in [-0.25, -0.2) is 0 Å². The lowest BCUT2D eigenvalue weighted by Gasteiger charge is -2.33. The van der Waals surface area contributed by atoms with E-state index in [0.717, 1.165) is 24.3 Å². The Bertz CT molecular complexity index is 960. The first kappa shape index (κ1) is 29.9. The van der Waals surface area contributed by atoms with Gasteiger partial charge in [0, 0.05) is 0 Å². The predicted molar refractivity (Wildman–Crippen MR) is 120 cm³/mol. The summed E-state index contributed by atoms with van der Waals surface area (Å²) in [5, 5.41) is 0. The van der Waals surface area contributed by atoms with E-state index in [-0.39, 0.29) is 33.4 Å². The van der Waals surface area contributed by atoms with E-state index in [9.17, 15) is 31.1 Å². The van der Waals surface area contributed by atoms with E-state index in [4.69, 9.17) is 0 Å². The molecule has 0 saturated carbocycles. The van der Waals surface area contributed by atoms with Gasteiger partial charge in [-0.05, 0) is 47.9 Å². The van der Waals surface area contributed by atoms with Crippen LogP contribution in [0.5, 0.6) is 0 Å². The van der Waals surface area contributed by atoms with Crippen molar-refractivity contribution in [2.24, 2.45) is 0 Å². The molecule has 0 aliphatic carbocycles. The minimum atomic E-state index is -4.56. The molecule has 180 valence electrons. The SMILES string of the molecule is C.C.C.CC(=O)C(c1ccccc1)(c1ccc(C(F)(F)F)cc1)c1ccc(C(F)(F)F)cc1. The monoisotopic (exact) mass is 470 g/mol. The Labute approximate surface area is 191 Å². The summed E-state index contributed by atoms with van der Waals surface area (Å²) in [4.78, 5) is 13.0. The van der Waals surface area contributed by atoms with E-state index in [0.29, 0.717) is 5.56 Å². The normalized spacial score (nSPS) is 11.5. The van der Waals surface area contributed by atoms with Crippen LogP contribution in [-0.4, -0.2) is 5.78 Å². The molecule has 0 saturated heterocycles. The largest absolute Gasteiger partial charge is 0.416 e. The molecule has 3 aromatic carbocycles. The van der Waals surface area contributed by atoms with Crippen molar-refractivity contribution in [2.45, 2.75) is 47.0 Å². The van der Waals surface area contributed by atoms with Crippen LogP contribution in [0.25, 0.3) is 0 Å². The fourth-order valence-corrected chi connectivity index (χ4v) is 3.62. The topological polar surface area (TPSA) is 17.1 Å². The van der Waals surface area contributed by atoms with Gasteiger partial charge in [-0.3, -0.25) is 4.79 Å². The van der Waals surface area contributed by atoms with Crippen LogP contribution in [-0.2, 0) is 22.6 Å². The number of Topliss-reactive ketones (excluding diaryl/α,β-unsaturated/α-hetero) is 1. The average Bonchev–Trinajstić information content (AvgIpc) is 2.69. The van der Waals surface area contributed by atoms with E-state index in [1.807, 2.05) is 0 Å².